The van der Waals surface area contributed by atoms with Crippen molar-refractivity contribution in [3.8, 4) is 0 Å². The van der Waals surface area contributed by atoms with E-state index >= 15 is 0 Å². The quantitative estimate of drug-likeness (QED) is 0.752. The van der Waals surface area contributed by atoms with Gasteiger partial charge in [0.15, 0.2) is 0 Å². The molecule has 0 aromatic carbocycles. The Hall–Kier alpha value is -1.50. The van der Waals surface area contributed by atoms with Crippen LogP contribution < -0.4 is 0 Å². The number of thiophene rings is 2. The van der Waals surface area contributed by atoms with Crippen molar-refractivity contribution in [2.45, 2.75) is 38.1 Å². The smallest absolute Gasteiger partial charge is 0.234 e. The van der Waals surface area contributed by atoms with Crippen molar-refractivity contribution in [3.63, 3.8) is 0 Å². The minimum Gasteiger partial charge on any atom is -0.274 e. The molecule has 0 bridgehead atoms. The van der Waals surface area contributed by atoms with Crippen molar-refractivity contribution < 1.29 is 9.59 Å². The molecule has 136 valence electrons. The Balaban J connectivity index is 1.44. The Morgan fingerprint density at radius 1 is 1.00 bits per heavy atom. The lowest BCUT2D eigenvalue weighted by atomic mass is 9.81. The van der Waals surface area contributed by atoms with Gasteiger partial charge in [-0.1, -0.05) is 18.9 Å². The zero-order chi connectivity index (χ0) is 17.7. The lowest BCUT2D eigenvalue weighted by Gasteiger charge is -2.37. The van der Waals surface area contributed by atoms with Crippen LogP contribution in [0.1, 0.15) is 47.0 Å². The third-order valence-electron chi connectivity index (χ3n) is 6.13. The second-order valence-corrected chi connectivity index (χ2v) is 9.50. The first-order valence-electron chi connectivity index (χ1n) is 9.43. The highest BCUT2D eigenvalue weighted by molar-refractivity contribution is 7.10. The van der Waals surface area contributed by atoms with Crippen LogP contribution in [0.3, 0.4) is 0 Å². The van der Waals surface area contributed by atoms with Gasteiger partial charge in [0.25, 0.3) is 0 Å². The van der Waals surface area contributed by atoms with E-state index in [0.717, 1.165) is 38.6 Å². The van der Waals surface area contributed by atoms with Gasteiger partial charge in [0, 0.05) is 16.3 Å². The summed E-state index contributed by atoms with van der Waals surface area (Å²) in [5.74, 6) is 0.0253. The van der Waals surface area contributed by atoms with Crippen LogP contribution in [0.4, 0.5) is 0 Å². The number of imide groups is 1. The van der Waals surface area contributed by atoms with Crippen LogP contribution in [0.25, 0.3) is 0 Å². The highest BCUT2D eigenvalue weighted by Gasteiger charge is 2.49. The first-order valence-corrected chi connectivity index (χ1v) is 11.2. The Bertz CT molecular complexity index is 805. The summed E-state index contributed by atoms with van der Waals surface area (Å²) in [7, 11) is 0. The fraction of sp³-hybridized carbons (Fsp3) is 0.500. The zero-order valence-electron chi connectivity index (χ0n) is 14.6. The maximum absolute atomic E-state index is 12.9. The predicted molar refractivity (Wildman–Crippen MR) is 103 cm³/mol. The SMILES string of the molecule is O=C1C2CCCCC2C(=O)N1CN1CCc2sccc2C1c1cccs1. The summed E-state index contributed by atoms with van der Waals surface area (Å²) in [5.41, 5.74) is 1.35. The fourth-order valence-corrected chi connectivity index (χ4v) is 6.63. The molecule has 26 heavy (non-hydrogen) atoms. The van der Waals surface area contributed by atoms with Crippen LogP contribution in [-0.2, 0) is 16.0 Å². The minimum absolute atomic E-state index is 0.0575. The number of likely N-dealkylation sites (tertiary alicyclic amines) is 1. The molecule has 1 aliphatic carbocycles. The van der Waals surface area contributed by atoms with Gasteiger partial charge in [-0.15, -0.1) is 22.7 Å². The molecular formula is C20H22N2O2S2. The summed E-state index contributed by atoms with van der Waals surface area (Å²) in [5, 5.41) is 4.27. The highest BCUT2D eigenvalue weighted by Crippen LogP contribution is 2.42. The van der Waals surface area contributed by atoms with Crippen LogP contribution in [0.15, 0.2) is 29.0 Å². The van der Waals surface area contributed by atoms with Gasteiger partial charge in [-0.2, -0.15) is 0 Å². The van der Waals surface area contributed by atoms with Crippen LogP contribution in [0, 0.1) is 11.8 Å². The average Bonchev–Trinajstić information content (AvgIpc) is 3.39. The number of fused-ring (bicyclic) bond motifs is 2. The van der Waals surface area contributed by atoms with Gasteiger partial charge in [0.2, 0.25) is 11.8 Å². The van der Waals surface area contributed by atoms with Gasteiger partial charge in [-0.25, -0.2) is 0 Å². The predicted octanol–water partition coefficient (Wildman–Crippen LogP) is 3.89. The molecule has 1 saturated heterocycles. The number of hydrogen-bond donors (Lipinski definition) is 0. The fourth-order valence-electron chi connectivity index (χ4n) is 4.85. The van der Waals surface area contributed by atoms with Crippen molar-refractivity contribution in [1.29, 1.82) is 0 Å². The standard InChI is InChI=1S/C20H22N2O2S2/c23-19-13-4-1-2-5-14(13)20(24)22(19)12-21-9-7-16-15(8-11-26-16)18(21)17-6-3-10-25-17/h3,6,8,10-11,13-14,18H,1-2,4-5,7,9,12H2. The summed E-state index contributed by atoms with van der Waals surface area (Å²) in [4.78, 5) is 32.4. The lowest BCUT2D eigenvalue weighted by Crippen LogP contribution is -2.45. The van der Waals surface area contributed by atoms with Gasteiger partial charge in [0.05, 0.1) is 24.5 Å². The highest BCUT2D eigenvalue weighted by atomic mass is 32.1. The van der Waals surface area contributed by atoms with Crippen molar-refractivity contribution in [2.24, 2.45) is 11.8 Å². The molecule has 0 N–H and O–H groups in total. The van der Waals surface area contributed by atoms with E-state index in [1.54, 1.807) is 16.2 Å². The number of carbonyl (C=O) groups excluding carboxylic acids is 2. The molecule has 2 aromatic heterocycles. The topological polar surface area (TPSA) is 40.6 Å². The molecule has 2 aromatic rings. The normalized spacial score (nSPS) is 29.1. The first-order chi connectivity index (χ1) is 12.7. The van der Waals surface area contributed by atoms with Crippen LogP contribution in [0.2, 0.25) is 0 Å². The number of carbonyl (C=O) groups is 2. The molecule has 2 aliphatic heterocycles. The molecule has 6 heteroatoms. The third-order valence-corrected chi connectivity index (χ3v) is 8.06. The number of nitrogens with zero attached hydrogens (tertiary/aromatic N) is 2. The monoisotopic (exact) mass is 386 g/mol. The maximum Gasteiger partial charge on any atom is 0.234 e. The summed E-state index contributed by atoms with van der Waals surface area (Å²) in [6.07, 6.45) is 4.92. The summed E-state index contributed by atoms with van der Waals surface area (Å²) in [6, 6.07) is 6.62. The molecule has 4 nitrogen and oxygen atoms in total. The van der Waals surface area contributed by atoms with Gasteiger partial charge in [-0.3, -0.25) is 19.4 Å². The average molecular weight is 387 g/mol. The van der Waals surface area contributed by atoms with Gasteiger partial charge >= 0.3 is 0 Å². The minimum atomic E-state index is -0.0575. The number of hydrogen-bond acceptors (Lipinski definition) is 5. The molecule has 2 amide bonds. The first kappa shape index (κ1) is 16.7. The van der Waals surface area contributed by atoms with E-state index < -0.39 is 0 Å². The molecule has 3 unspecified atom stereocenters. The van der Waals surface area contributed by atoms with E-state index in [-0.39, 0.29) is 29.7 Å². The third kappa shape index (κ3) is 2.58. The Labute approximate surface area is 161 Å². The van der Waals surface area contributed by atoms with Crippen molar-refractivity contribution in [2.75, 3.05) is 13.2 Å². The van der Waals surface area contributed by atoms with E-state index in [0.29, 0.717) is 6.67 Å². The molecule has 4 heterocycles. The van der Waals surface area contributed by atoms with E-state index in [9.17, 15) is 9.59 Å². The summed E-state index contributed by atoms with van der Waals surface area (Å²) < 4.78 is 0. The molecule has 0 spiro atoms. The molecular weight excluding hydrogens is 364 g/mol. The molecule has 5 rings (SSSR count). The second kappa shape index (κ2) is 6.59. The van der Waals surface area contributed by atoms with Crippen LogP contribution in [0.5, 0.6) is 0 Å². The van der Waals surface area contributed by atoms with Crippen LogP contribution in [-0.4, -0.2) is 34.8 Å². The molecule has 0 radical (unpaired) electrons. The summed E-state index contributed by atoms with van der Waals surface area (Å²) >= 11 is 3.57. The molecule has 1 saturated carbocycles. The molecule has 3 aliphatic rings. The molecule has 3 atom stereocenters. The van der Waals surface area contributed by atoms with Gasteiger partial charge in [-0.05, 0) is 47.7 Å². The number of amides is 2. The van der Waals surface area contributed by atoms with Gasteiger partial charge in [0.1, 0.15) is 0 Å². The Kier molecular flexibility index (Phi) is 4.22. The van der Waals surface area contributed by atoms with Gasteiger partial charge < -0.3 is 0 Å². The van der Waals surface area contributed by atoms with E-state index in [2.05, 4.69) is 33.9 Å². The van der Waals surface area contributed by atoms with Crippen molar-refractivity contribution in [3.05, 3.63) is 44.3 Å². The molecule has 2 fully saturated rings. The maximum atomic E-state index is 12.9. The lowest BCUT2D eigenvalue weighted by molar-refractivity contribution is -0.143. The van der Waals surface area contributed by atoms with Crippen molar-refractivity contribution in [1.82, 2.24) is 9.80 Å². The zero-order valence-corrected chi connectivity index (χ0v) is 16.2. The second-order valence-electron chi connectivity index (χ2n) is 7.52. The van der Waals surface area contributed by atoms with Crippen molar-refractivity contribution >= 4 is 34.5 Å². The largest absolute Gasteiger partial charge is 0.274 e. The van der Waals surface area contributed by atoms with E-state index in [4.69, 9.17) is 0 Å². The number of rotatable bonds is 3. The Morgan fingerprint density at radius 2 is 1.77 bits per heavy atom. The van der Waals surface area contributed by atoms with E-state index in [1.165, 1.54) is 15.3 Å². The van der Waals surface area contributed by atoms with Crippen LogP contribution >= 0.6 is 22.7 Å². The van der Waals surface area contributed by atoms with E-state index in [1.807, 2.05) is 11.3 Å². The summed E-state index contributed by atoms with van der Waals surface area (Å²) in [6.45, 7) is 1.32. The Morgan fingerprint density at radius 3 is 2.46 bits per heavy atom.